The molecule has 0 saturated carbocycles. The molecule has 0 aliphatic heterocycles. The van der Waals surface area contributed by atoms with Crippen LogP contribution in [0.15, 0.2) is 28.1 Å². The summed E-state index contributed by atoms with van der Waals surface area (Å²) in [4.78, 5) is 2.53. The van der Waals surface area contributed by atoms with Crippen molar-refractivity contribution in [3.63, 3.8) is 0 Å². The van der Waals surface area contributed by atoms with Gasteiger partial charge in [-0.05, 0) is 12.5 Å². The number of aliphatic imine (C=N–C) groups is 1. The SMILES string of the molecule is Cc1cccc(C=NCC(F)(F)C(F)(F)C(F)(F)C(F)(F)C(F)(F)C(F)(F)C(F)(F)F)c1[S-].[Cl][Ti][Cl]. The van der Waals surface area contributed by atoms with Crippen LogP contribution in [0.25, 0.3) is 0 Å². The zero-order valence-corrected chi connectivity index (χ0v) is 20.7. The fraction of sp³-hybridized carbons (Fsp3) is 0.562. The predicted octanol–water partition coefficient (Wildman–Crippen LogP) is 8.07. The number of aryl methyl sites for hydroxylation is 1. The summed E-state index contributed by atoms with van der Waals surface area (Å²) >= 11 is 4.24. The van der Waals surface area contributed by atoms with Gasteiger partial charge in [-0.1, -0.05) is 23.8 Å². The number of nitrogens with zero attached hydrogens (tertiary/aromatic N) is 1. The minimum atomic E-state index is -8.31. The fourth-order valence-electron chi connectivity index (χ4n) is 2.13. The van der Waals surface area contributed by atoms with Crippen LogP contribution in [0.1, 0.15) is 11.1 Å². The summed E-state index contributed by atoms with van der Waals surface area (Å²) in [6.07, 6.45) is -7.31. The Morgan fingerprint density at radius 2 is 1.14 bits per heavy atom. The van der Waals surface area contributed by atoms with E-state index in [0.717, 1.165) is 6.07 Å². The Labute approximate surface area is 214 Å². The number of benzene rings is 1. The molecule has 1 aromatic rings. The standard InChI is InChI=1S/C16H10F15NS.2ClH.Ti/c1-7-3-2-4-8(9(7)33)5-32-6-10(17,18)11(19,20)12(21,22)13(23,24)14(25,26)15(27,28)16(29,30)31;;;/h2-5,33H,6H2,1H3;2*1H;/q;;;+2/p-3. The maximum absolute atomic E-state index is 13.7. The molecule has 0 atom stereocenters. The first kappa shape index (κ1) is 35.4. The van der Waals surface area contributed by atoms with Gasteiger partial charge in [0, 0.05) is 6.21 Å². The molecular weight excluding hydrogens is 642 g/mol. The number of rotatable bonds is 8. The summed E-state index contributed by atoms with van der Waals surface area (Å²) in [6.45, 7) is -1.38. The summed E-state index contributed by atoms with van der Waals surface area (Å²) < 4.78 is 196. The molecule has 1 rings (SSSR count). The third-order valence-electron chi connectivity index (χ3n) is 4.16. The number of halogens is 17. The fourth-order valence-corrected chi connectivity index (χ4v) is 2.32. The second-order valence-corrected chi connectivity index (χ2v) is 9.60. The summed E-state index contributed by atoms with van der Waals surface area (Å²) in [6, 6.07) is 3.75. The number of hydrogen-bond donors (Lipinski definition) is 0. The summed E-state index contributed by atoms with van der Waals surface area (Å²) in [5.41, 5.74) is 0.127. The Kier molecular flexibility index (Phi) is 11.4. The summed E-state index contributed by atoms with van der Waals surface area (Å²) in [5, 5.41) is 0. The van der Waals surface area contributed by atoms with Crippen LogP contribution < -0.4 is 0 Å². The van der Waals surface area contributed by atoms with Crippen molar-refractivity contribution in [2.75, 3.05) is 6.54 Å². The molecule has 0 fully saturated rings. The summed E-state index contributed by atoms with van der Waals surface area (Å²) in [5.74, 6) is -46.7. The third-order valence-corrected chi connectivity index (χ3v) is 4.71. The van der Waals surface area contributed by atoms with Crippen LogP contribution in [0.2, 0.25) is 0 Å². The van der Waals surface area contributed by atoms with E-state index in [9.17, 15) is 65.9 Å². The van der Waals surface area contributed by atoms with Gasteiger partial charge < -0.3 is 12.6 Å². The van der Waals surface area contributed by atoms with Crippen LogP contribution in [0.4, 0.5) is 65.9 Å². The molecule has 20 heteroatoms. The van der Waals surface area contributed by atoms with Crippen LogP contribution in [0.3, 0.4) is 0 Å². The van der Waals surface area contributed by atoms with Gasteiger partial charge >= 0.3 is 77.4 Å². The number of hydrogen-bond acceptors (Lipinski definition) is 2. The van der Waals surface area contributed by atoms with Gasteiger partial charge in [0.2, 0.25) is 0 Å². The van der Waals surface area contributed by atoms with Crippen molar-refractivity contribution in [1.82, 2.24) is 0 Å². The van der Waals surface area contributed by atoms with Crippen LogP contribution >= 0.6 is 18.6 Å². The van der Waals surface area contributed by atoms with Crippen molar-refractivity contribution in [2.24, 2.45) is 4.99 Å². The van der Waals surface area contributed by atoms with Crippen molar-refractivity contribution in [2.45, 2.75) is 53.5 Å². The normalized spacial score (nSPS) is 14.5. The molecule has 0 amide bonds. The van der Waals surface area contributed by atoms with Crippen molar-refractivity contribution in [3.8, 4) is 0 Å². The second-order valence-electron chi connectivity index (χ2n) is 6.61. The molecule has 0 spiro atoms. The molecule has 36 heavy (non-hydrogen) atoms. The van der Waals surface area contributed by atoms with E-state index in [0.29, 0.717) is 11.8 Å². The van der Waals surface area contributed by atoms with E-state index in [1.54, 1.807) is 0 Å². The molecule has 0 saturated heterocycles. The average Bonchev–Trinajstić information content (AvgIpc) is 2.70. The van der Waals surface area contributed by atoms with E-state index in [1.807, 2.05) is 0 Å². The molecule has 0 N–H and O–H groups in total. The molecule has 0 heterocycles. The molecule has 1 aromatic carbocycles. The van der Waals surface area contributed by atoms with Crippen LogP contribution in [-0.2, 0) is 29.7 Å². The molecule has 0 unspecified atom stereocenters. The monoisotopic (exact) mass is 650 g/mol. The van der Waals surface area contributed by atoms with Gasteiger partial charge in [-0.25, -0.2) is 0 Å². The molecular formula is C16H9Cl2F15NSTi-. The van der Waals surface area contributed by atoms with Crippen LogP contribution in [-0.4, -0.2) is 54.5 Å². The Morgan fingerprint density at radius 3 is 1.56 bits per heavy atom. The first-order chi connectivity index (χ1) is 15.8. The van der Waals surface area contributed by atoms with E-state index in [4.69, 9.17) is 31.2 Å². The Morgan fingerprint density at radius 1 is 0.750 bits per heavy atom. The van der Waals surface area contributed by atoms with Crippen molar-refractivity contribution in [3.05, 3.63) is 29.3 Å². The molecule has 0 radical (unpaired) electrons. The molecule has 0 aliphatic rings. The van der Waals surface area contributed by atoms with Gasteiger partial charge in [-0.2, -0.15) is 70.8 Å². The quantitative estimate of drug-likeness (QED) is 0.120. The Bertz CT molecular complexity index is 921. The van der Waals surface area contributed by atoms with E-state index in [-0.39, 0.29) is 10.5 Å². The van der Waals surface area contributed by atoms with E-state index >= 15 is 0 Å². The first-order valence-electron chi connectivity index (χ1n) is 8.38. The van der Waals surface area contributed by atoms with Gasteiger partial charge in [-0.3, -0.25) is 4.99 Å². The predicted molar refractivity (Wildman–Crippen MR) is 96.7 cm³/mol. The van der Waals surface area contributed by atoms with E-state index in [2.05, 4.69) is 4.99 Å². The molecule has 0 aliphatic carbocycles. The van der Waals surface area contributed by atoms with Gasteiger partial charge in [0.15, 0.2) is 0 Å². The van der Waals surface area contributed by atoms with Gasteiger partial charge in [0.05, 0.1) is 0 Å². The minimum absolute atomic E-state index is 0.0813. The zero-order chi connectivity index (χ0) is 29.2. The van der Waals surface area contributed by atoms with Crippen molar-refractivity contribution >= 4 is 37.5 Å². The number of alkyl halides is 15. The molecule has 1 nitrogen and oxygen atoms in total. The van der Waals surface area contributed by atoms with Crippen LogP contribution in [0.5, 0.6) is 0 Å². The maximum atomic E-state index is 13.7. The topological polar surface area (TPSA) is 12.4 Å². The second kappa shape index (κ2) is 11.6. The third kappa shape index (κ3) is 6.32. The molecule has 0 bridgehead atoms. The van der Waals surface area contributed by atoms with Crippen molar-refractivity contribution in [1.29, 1.82) is 0 Å². The van der Waals surface area contributed by atoms with Crippen LogP contribution in [0, 0.1) is 6.92 Å². The van der Waals surface area contributed by atoms with Gasteiger partial charge in [-0.15, -0.1) is 0 Å². The summed E-state index contributed by atoms with van der Waals surface area (Å²) in [7, 11) is 9.78. The molecule has 0 aromatic heterocycles. The van der Waals surface area contributed by atoms with Gasteiger partial charge in [0.1, 0.15) is 6.54 Å². The average molecular weight is 651 g/mol. The van der Waals surface area contributed by atoms with Gasteiger partial charge in [0.25, 0.3) is 0 Å². The van der Waals surface area contributed by atoms with Crippen molar-refractivity contribution < 1.29 is 82.9 Å². The van der Waals surface area contributed by atoms with E-state index in [1.165, 1.54) is 19.1 Å². The first-order valence-corrected chi connectivity index (χ1v) is 13.1. The zero-order valence-electron chi connectivity index (χ0n) is 16.8. The molecule has 208 valence electrons. The Balaban J connectivity index is 0.00000387. The van der Waals surface area contributed by atoms with E-state index < -0.39 is 65.3 Å². The Hall–Kier alpha value is -0.646.